The molecule has 25 heavy (non-hydrogen) atoms. The Morgan fingerprint density at radius 1 is 0.840 bits per heavy atom. The van der Waals surface area contributed by atoms with Crippen LogP contribution in [0.2, 0.25) is 0 Å². The zero-order valence-corrected chi connectivity index (χ0v) is 13.6. The fraction of sp³-hybridized carbons (Fsp3) is 0.211. The van der Waals surface area contributed by atoms with Crippen LogP contribution in [-0.2, 0) is 27.5 Å². The van der Waals surface area contributed by atoms with Gasteiger partial charge in [-0.3, -0.25) is 14.5 Å². The zero-order chi connectivity index (χ0) is 17.6. The molecule has 0 spiro atoms. The maximum absolute atomic E-state index is 12.6. The number of hydrogen-bond donors (Lipinski definition) is 0. The molecule has 1 aliphatic heterocycles. The molecule has 3 rings (SSSR count). The molecule has 6 heteroatoms. The lowest BCUT2D eigenvalue weighted by Crippen LogP contribution is -2.39. The third-order valence-corrected chi connectivity index (χ3v) is 3.87. The van der Waals surface area contributed by atoms with Crippen molar-refractivity contribution in [2.45, 2.75) is 25.9 Å². The number of carbonyl (C=O) groups is 3. The zero-order valence-electron chi connectivity index (χ0n) is 13.6. The van der Waals surface area contributed by atoms with Gasteiger partial charge in [-0.1, -0.05) is 60.7 Å². The van der Waals surface area contributed by atoms with E-state index in [1.165, 1.54) is 4.90 Å². The molecular weight excluding hydrogens is 320 g/mol. The molecule has 1 heterocycles. The Labute approximate surface area is 145 Å². The van der Waals surface area contributed by atoms with Crippen molar-refractivity contribution in [3.63, 3.8) is 0 Å². The van der Waals surface area contributed by atoms with E-state index in [4.69, 9.17) is 4.84 Å². The van der Waals surface area contributed by atoms with Crippen molar-refractivity contribution in [1.82, 2.24) is 9.96 Å². The van der Waals surface area contributed by atoms with Crippen LogP contribution in [0.4, 0.5) is 4.79 Å². The third-order valence-electron chi connectivity index (χ3n) is 3.87. The molecule has 2 aromatic rings. The minimum absolute atomic E-state index is 0.0729. The van der Waals surface area contributed by atoms with E-state index in [1.807, 2.05) is 60.7 Å². The molecule has 1 saturated heterocycles. The van der Waals surface area contributed by atoms with Gasteiger partial charge in [0.1, 0.15) is 0 Å². The maximum Gasteiger partial charge on any atom is 0.435 e. The number of rotatable bonds is 5. The minimum Gasteiger partial charge on any atom is -0.311 e. The number of nitrogens with zero attached hydrogens (tertiary/aromatic N) is 2. The van der Waals surface area contributed by atoms with Crippen molar-refractivity contribution >= 4 is 17.9 Å². The van der Waals surface area contributed by atoms with Gasteiger partial charge in [0.2, 0.25) is 0 Å². The van der Waals surface area contributed by atoms with Crippen molar-refractivity contribution < 1.29 is 19.2 Å². The molecule has 0 radical (unpaired) electrons. The van der Waals surface area contributed by atoms with Gasteiger partial charge in [0.25, 0.3) is 11.8 Å². The third kappa shape index (κ3) is 4.23. The van der Waals surface area contributed by atoms with Gasteiger partial charge in [-0.25, -0.2) is 4.79 Å². The number of carbonyl (C=O) groups excluding carboxylic acids is 3. The molecule has 3 amide bonds. The van der Waals surface area contributed by atoms with Crippen molar-refractivity contribution in [3.05, 3.63) is 71.8 Å². The number of amides is 3. The first-order valence-corrected chi connectivity index (χ1v) is 8.04. The van der Waals surface area contributed by atoms with Gasteiger partial charge in [0, 0.05) is 25.9 Å². The second-order valence-corrected chi connectivity index (χ2v) is 5.77. The summed E-state index contributed by atoms with van der Waals surface area (Å²) in [5, 5.41) is 0.575. The lowest BCUT2D eigenvalue weighted by molar-refractivity contribution is -0.174. The van der Waals surface area contributed by atoms with E-state index in [2.05, 4.69) is 0 Å². The molecule has 128 valence electrons. The maximum atomic E-state index is 12.6. The molecular formula is C19H18N2O4. The fourth-order valence-corrected chi connectivity index (χ4v) is 2.59. The second-order valence-electron chi connectivity index (χ2n) is 5.77. The Hall–Kier alpha value is -3.15. The lowest BCUT2D eigenvalue weighted by atomic mass is 10.2. The van der Waals surface area contributed by atoms with Crippen LogP contribution in [0, 0.1) is 0 Å². The van der Waals surface area contributed by atoms with E-state index in [9.17, 15) is 14.4 Å². The van der Waals surface area contributed by atoms with Gasteiger partial charge in [0.15, 0.2) is 0 Å². The molecule has 6 nitrogen and oxygen atoms in total. The highest BCUT2D eigenvalue weighted by Crippen LogP contribution is 2.16. The van der Waals surface area contributed by atoms with Crippen molar-refractivity contribution in [2.75, 3.05) is 0 Å². The van der Waals surface area contributed by atoms with Crippen molar-refractivity contribution in [2.24, 2.45) is 0 Å². The van der Waals surface area contributed by atoms with E-state index in [-0.39, 0.29) is 12.8 Å². The van der Waals surface area contributed by atoms with Crippen LogP contribution in [0.1, 0.15) is 24.0 Å². The van der Waals surface area contributed by atoms with Crippen LogP contribution >= 0.6 is 0 Å². The van der Waals surface area contributed by atoms with E-state index in [0.717, 1.165) is 11.1 Å². The largest absolute Gasteiger partial charge is 0.435 e. The molecule has 0 bridgehead atoms. The van der Waals surface area contributed by atoms with Crippen LogP contribution in [0.15, 0.2) is 60.7 Å². The topological polar surface area (TPSA) is 66.9 Å². The summed E-state index contributed by atoms with van der Waals surface area (Å²) in [5.41, 5.74) is 1.85. The SMILES string of the molecule is O=C(ON1C(=O)CCC1=O)N(Cc1ccccc1)Cc1ccccc1. The van der Waals surface area contributed by atoms with Crippen LogP contribution in [-0.4, -0.2) is 27.9 Å². The summed E-state index contributed by atoms with van der Waals surface area (Å²) >= 11 is 0. The van der Waals surface area contributed by atoms with Gasteiger partial charge < -0.3 is 4.84 Å². The predicted octanol–water partition coefficient (Wildman–Crippen LogP) is 2.89. The number of hydrogen-bond acceptors (Lipinski definition) is 4. The Morgan fingerprint density at radius 3 is 1.72 bits per heavy atom. The highest BCUT2D eigenvalue weighted by molar-refractivity contribution is 6.01. The van der Waals surface area contributed by atoms with Gasteiger partial charge >= 0.3 is 6.09 Å². The van der Waals surface area contributed by atoms with E-state index in [0.29, 0.717) is 18.2 Å². The first-order valence-electron chi connectivity index (χ1n) is 8.04. The highest BCUT2D eigenvalue weighted by atomic mass is 16.7. The molecule has 0 N–H and O–H groups in total. The van der Waals surface area contributed by atoms with Gasteiger partial charge in [0.05, 0.1) is 0 Å². The molecule has 0 unspecified atom stereocenters. The molecule has 0 saturated carbocycles. The smallest absolute Gasteiger partial charge is 0.311 e. The van der Waals surface area contributed by atoms with Gasteiger partial charge in [-0.05, 0) is 11.1 Å². The predicted molar refractivity (Wildman–Crippen MR) is 89.7 cm³/mol. The Kier molecular flexibility index (Phi) is 5.09. The summed E-state index contributed by atoms with van der Waals surface area (Å²) in [6.07, 6.45) is -0.580. The summed E-state index contributed by atoms with van der Waals surface area (Å²) in [6.45, 7) is 0.621. The summed E-state index contributed by atoms with van der Waals surface area (Å²) in [6, 6.07) is 18.9. The summed E-state index contributed by atoms with van der Waals surface area (Å²) in [7, 11) is 0. The molecule has 0 aromatic heterocycles. The van der Waals surface area contributed by atoms with E-state index >= 15 is 0 Å². The number of imide groups is 1. The lowest BCUT2D eigenvalue weighted by Gasteiger charge is -2.24. The van der Waals surface area contributed by atoms with Crippen molar-refractivity contribution in [1.29, 1.82) is 0 Å². The fourth-order valence-electron chi connectivity index (χ4n) is 2.59. The first kappa shape index (κ1) is 16.7. The van der Waals surface area contributed by atoms with E-state index in [1.54, 1.807) is 0 Å². The average molecular weight is 338 g/mol. The Morgan fingerprint density at radius 2 is 1.28 bits per heavy atom. The summed E-state index contributed by atoms with van der Waals surface area (Å²) < 4.78 is 0. The number of hydroxylamine groups is 2. The normalized spacial score (nSPS) is 13.8. The van der Waals surface area contributed by atoms with Crippen LogP contribution in [0.3, 0.4) is 0 Å². The first-order chi connectivity index (χ1) is 12.1. The second kappa shape index (κ2) is 7.61. The molecule has 1 aliphatic rings. The van der Waals surface area contributed by atoms with Crippen molar-refractivity contribution in [3.8, 4) is 0 Å². The molecule has 0 atom stereocenters. The van der Waals surface area contributed by atoms with E-state index < -0.39 is 17.9 Å². The van der Waals surface area contributed by atoms with Gasteiger partial charge in [-0.2, -0.15) is 0 Å². The standard InChI is InChI=1S/C19H18N2O4/c22-17-11-12-18(23)21(17)25-19(24)20(13-15-7-3-1-4-8-15)14-16-9-5-2-6-10-16/h1-10H,11-14H2. The molecule has 1 fully saturated rings. The highest BCUT2D eigenvalue weighted by Gasteiger charge is 2.34. The Bertz CT molecular complexity index is 704. The average Bonchev–Trinajstić information content (AvgIpc) is 2.95. The molecule has 2 aromatic carbocycles. The molecule has 0 aliphatic carbocycles. The monoisotopic (exact) mass is 338 g/mol. The Balaban J connectivity index is 1.76. The number of benzene rings is 2. The van der Waals surface area contributed by atoms with Crippen LogP contribution < -0.4 is 0 Å². The summed E-state index contributed by atoms with van der Waals surface area (Å²) in [5.74, 6) is -0.976. The van der Waals surface area contributed by atoms with Crippen LogP contribution in [0.25, 0.3) is 0 Å². The summed E-state index contributed by atoms with van der Waals surface area (Å²) in [4.78, 5) is 42.4. The van der Waals surface area contributed by atoms with Crippen LogP contribution in [0.5, 0.6) is 0 Å². The quantitative estimate of drug-likeness (QED) is 0.786. The van der Waals surface area contributed by atoms with Gasteiger partial charge in [-0.15, -0.1) is 5.06 Å². The minimum atomic E-state index is -0.726.